The molecule has 0 aliphatic carbocycles. The Bertz CT molecular complexity index is 951. The number of fused-ring (bicyclic) bond motifs is 1. The normalized spacial score (nSPS) is 10.8. The van der Waals surface area contributed by atoms with Crippen LogP contribution in [-0.4, -0.2) is 17.0 Å². The van der Waals surface area contributed by atoms with Crippen LogP contribution >= 0.6 is 0 Å². The van der Waals surface area contributed by atoms with Crippen LogP contribution in [0.2, 0.25) is 0 Å². The zero-order chi connectivity index (χ0) is 16.9. The van der Waals surface area contributed by atoms with Gasteiger partial charge in [0.2, 0.25) is 0 Å². The van der Waals surface area contributed by atoms with Gasteiger partial charge in [-0.3, -0.25) is 14.9 Å². The van der Waals surface area contributed by atoms with Gasteiger partial charge in [-0.2, -0.15) is 5.10 Å². The van der Waals surface area contributed by atoms with Crippen LogP contribution in [0.1, 0.15) is 15.9 Å². The first-order valence-corrected chi connectivity index (χ1v) is 7.21. The number of hydrogen-bond donors (Lipinski definition) is 1. The maximum atomic E-state index is 12.0. The van der Waals surface area contributed by atoms with Crippen molar-refractivity contribution in [1.29, 1.82) is 0 Å². The minimum absolute atomic E-state index is 0.0295. The largest absolute Gasteiger partial charge is 0.282 e. The zero-order valence-corrected chi connectivity index (χ0v) is 12.5. The summed E-state index contributed by atoms with van der Waals surface area (Å²) in [5.74, 6) is -0.626. The molecule has 3 aromatic rings. The molecule has 3 rings (SSSR count). The average Bonchev–Trinajstić information content (AvgIpc) is 2.61. The van der Waals surface area contributed by atoms with E-state index in [1.54, 1.807) is 6.07 Å². The Hall–Kier alpha value is -3.54. The summed E-state index contributed by atoms with van der Waals surface area (Å²) in [7, 11) is 0. The molecule has 3 aromatic carbocycles. The van der Waals surface area contributed by atoms with Gasteiger partial charge in [-0.05, 0) is 28.5 Å². The van der Waals surface area contributed by atoms with Gasteiger partial charge in [-0.25, -0.2) is 5.43 Å². The van der Waals surface area contributed by atoms with Crippen LogP contribution in [0.5, 0.6) is 0 Å². The first-order chi connectivity index (χ1) is 11.6. The van der Waals surface area contributed by atoms with Crippen LogP contribution in [0.15, 0.2) is 71.8 Å². The number of amides is 1. The van der Waals surface area contributed by atoms with Gasteiger partial charge >= 0.3 is 0 Å². The van der Waals surface area contributed by atoms with E-state index in [2.05, 4.69) is 10.5 Å². The van der Waals surface area contributed by atoms with Crippen LogP contribution in [0.4, 0.5) is 5.69 Å². The topological polar surface area (TPSA) is 84.6 Å². The second-order valence-corrected chi connectivity index (χ2v) is 5.08. The number of hydrazone groups is 1. The molecule has 0 unspecified atom stereocenters. The van der Waals surface area contributed by atoms with Gasteiger partial charge in [0, 0.05) is 6.07 Å². The molecule has 0 saturated heterocycles. The summed E-state index contributed by atoms with van der Waals surface area (Å²) in [6.45, 7) is 0. The minimum Gasteiger partial charge on any atom is -0.267 e. The maximum Gasteiger partial charge on any atom is 0.282 e. The number of carbonyl (C=O) groups excluding carboxylic acids is 1. The molecule has 0 bridgehead atoms. The molecule has 1 amide bonds. The summed E-state index contributed by atoms with van der Waals surface area (Å²) in [6, 6.07) is 19.4. The van der Waals surface area contributed by atoms with E-state index < -0.39 is 10.8 Å². The molecule has 0 aromatic heterocycles. The number of benzene rings is 3. The fraction of sp³-hybridized carbons (Fsp3) is 0. The third-order valence-electron chi connectivity index (χ3n) is 3.50. The van der Waals surface area contributed by atoms with E-state index in [9.17, 15) is 14.9 Å². The Morgan fingerprint density at radius 3 is 2.50 bits per heavy atom. The van der Waals surface area contributed by atoms with Crippen molar-refractivity contribution in [2.24, 2.45) is 5.10 Å². The fourth-order valence-corrected chi connectivity index (χ4v) is 2.34. The summed E-state index contributed by atoms with van der Waals surface area (Å²) >= 11 is 0. The van der Waals surface area contributed by atoms with Crippen molar-refractivity contribution in [3.05, 3.63) is 88.0 Å². The monoisotopic (exact) mass is 319 g/mol. The summed E-state index contributed by atoms with van der Waals surface area (Å²) in [5, 5.41) is 17.0. The molecule has 0 aliphatic rings. The number of para-hydroxylation sites is 1. The van der Waals surface area contributed by atoms with Crippen molar-refractivity contribution in [1.82, 2.24) is 5.43 Å². The highest BCUT2D eigenvalue weighted by molar-refractivity contribution is 5.98. The van der Waals surface area contributed by atoms with E-state index in [0.29, 0.717) is 0 Å². The molecule has 0 radical (unpaired) electrons. The minimum atomic E-state index is -0.626. The van der Waals surface area contributed by atoms with Crippen molar-refractivity contribution in [3.8, 4) is 0 Å². The first-order valence-electron chi connectivity index (χ1n) is 7.21. The lowest BCUT2D eigenvalue weighted by Crippen LogP contribution is -2.18. The summed E-state index contributed by atoms with van der Waals surface area (Å²) in [5.41, 5.74) is 2.85. The summed E-state index contributed by atoms with van der Waals surface area (Å²) < 4.78 is 0. The van der Waals surface area contributed by atoms with E-state index in [0.717, 1.165) is 16.3 Å². The Morgan fingerprint density at radius 2 is 1.71 bits per heavy atom. The number of nitro groups is 1. The number of carbonyl (C=O) groups is 1. The predicted octanol–water partition coefficient (Wildman–Crippen LogP) is 3.51. The second kappa shape index (κ2) is 6.70. The molecule has 0 aliphatic heterocycles. The van der Waals surface area contributed by atoms with Crippen LogP contribution in [0, 0.1) is 10.1 Å². The highest BCUT2D eigenvalue weighted by Crippen LogP contribution is 2.17. The quantitative estimate of drug-likeness (QED) is 0.453. The molecule has 0 heterocycles. The molecule has 118 valence electrons. The lowest BCUT2D eigenvalue weighted by molar-refractivity contribution is -0.385. The predicted molar refractivity (Wildman–Crippen MR) is 92.1 cm³/mol. The Morgan fingerprint density at radius 1 is 1.00 bits per heavy atom. The lowest BCUT2D eigenvalue weighted by Gasteiger charge is -2.01. The van der Waals surface area contributed by atoms with Gasteiger partial charge in [0.05, 0.1) is 11.1 Å². The third kappa shape index (κ3) is 3.27. The van der Waals surface area contributed by atoms with Gasteiger partial charge in [0.25, 0.3) is 11.6 Å². The Labute approximate surface area is 137 Å². The number of hydrogen-bond acceptors (Lipinski definition) is 4. The molecule has 6 heteroatoms. The van der Waals surface area contributed by atoms with Crippen LogP contribution < -0.4 is 5.43 Å². The molecule has 24 heavy (non-hydrogen) atoms. The fourth-order valence-electron chi connectivity index (χ4n) is 2.34. The van der Waals surface area contributed by atoms with Crippen molar-refractivity contribution in [2.45, 2.75) is 0 Å². The number of rotatable bonds is 4. The Kier molecular flexibility index (Phi) is 4.29. The molecular formula is C18H13N3O3. The maximum absolute atomic E-state index is 12.0. The number of nitrogens with one attached hydrogen (secondary N) is 1. The average molecular weight is 319 g/mol. The van der Waals surface area contributed by atoms with E-state index in [1.165, 1.54) is 24.4 Å². The molecule has 0 atom stereocenters. The van der Waals surface area contributed by atoms with Gasteiger partial charge < -0.3 is 0 Å². The van der Waals surface area contributed by atoms with Crippen molar-refractivity contribution in [2.75, 3.05) is 0 Å². The van der Waals surface area contributed by atoms with Crippen molar-refractivity contribution >= 4 is 28.6 Å². The van der Waals surface area contributed by atoms with Gasteiger partial charge in [-0.15, -0.1) is 0 Å². The molecule has 1 N–H and O–H groups in total. The molecule has 0 spiro atoms. The van der Waals surface area contributed by atoms with Gasteiger partial charge in [0.15, 0.2) is 0 Å². The van der Waals surface area contributed by atoms with E-state index >= 15 is 0 Å². The van der Waals surface area contributed by atoms with E-state index in [4.69, 9.17) is 0 Å². The van der Waals surface area contributed by atoms with E-state index in [-0.39, 0.29) is 11.3 Å². The second-order valence-electron chi connectivity index (χ2n) is 5.08. The van der Waals surface area contributed by atoms with Crippen molar-refractivity contribution in [3.63, 3.8) is 0 Å². The standard InChI is InChI=1S/C18H13N3O3/c22-18(16-7-3-4-8-17(16)21(23)24)20-19-12-13-9-10-14-5-1-2-6-15(14)11-13/h1-12H,(H,20,22)/b19-12-. The summed E-state index contributed by atoms with van der Waals surface area (Å²) in [6.07, 6.45) is 1.50. The lowest BCUT2D eigenvalue weighted by atomic mass is 10.1. The molecular weight excluding hydrogens is 306 g/mol. The van der Waals surface area contributed by atoms with Crippen LogP contribution in [-0.2, 0) is 0 Å². The van der Waals surface area contributed by atoms with Gasteiger partial charge in [-0.1, -0.05) is 48.5 Å². The molecule has 0 saturated carbocycles. The van der Waals surface area contributed by atoms with Gasteiger partial charge in [0.1, 0.15) is 5.56 Å². The summed E-state index contributed by atoms with van der Waals surface area (Å²) in [4.78, 5) is 22.4. The SMILES string of the molecule is O=C(N/N=C\c1ccc2ccccc2c1)c1ccccc1[N+](=O)[O-]. The smallest absolute Gasteiger partial charge is 0.267 e. The van der Waals surface area contributed by atoms with Crippen LogP contribution in [0.3, 0.4) is 0 Å². The third-order valence-corrected chi connectivity index (χ3v) is 3.50. The highest BCUT2D eigenvalue weighted by atomic mass is 16.6. The Balaban J connectivity index is 1.76. The first kappa shape index (κ1) is 15.4. The number of nitro benzene ring substituents is 1. The zero-order valence-electron chi connectivity index (χ0n) is 12.5. The highest BCUT2D eigenvalue weighted by Gasteiger charge is 2.18. The number of nitrogens with zero attached hydrogens (tertiary/aromatic N) is 2. The van der Waals surface area contributed by atoms with Crippen molar-refractivity contribution < 1.29 is 9.72 Å². The van der Waals surface area contributed by atoms with E-state index in [1.807, 2.05) is 42.5 Å². The van der Waals surface area contributed by atoms with Crippen LogP contribution in [0.25, 0.3) is 10.8 Å². The molecule has 0 fully saturated rings. The molecule has 6 nitrogen and oxygen atoms in total.